The lowest BCUT2D eigenvalue weighted by Crippen LogP contribution is -2.04. The van der Waals surface area contributed by atoms with Crippen molar-refractivity contribution in [3.8, 4) is 5.75 Å². The Labute approximate surface area is 85.7 Å². The molecule has 0 atom stereocenters. The topological polar surface area (TPSA) is 75.2 Å². The van der Waals surface area contributed by atoms with E-state index in [0.717, 1.165) is 0 Å². The van der Waals surface area contributed by atoms with Crippen molar-refractivity contribution in [3.63, 3.8) is 0 Å². The zero-order valence-electron chi connectivity index (χ0n) is 8.15. The average Bonchev–Trinajstić information content (AvgIpc) is 2.66. The summed E-state index contributed by atoms with van der Waals surface area (Å²) in [4.78, 5) is 18.1. The molecular formula is C10H10N2O3. The van der Waals surface area contributed by atoms with Crippen molar-refractivity contribution in [2.24, 2.45) is 0 Å². The maximum absolute atomic E-state index is 11.4. The molecule has 1 aromatic heterocycles. The van der Waals surface area contributed by atoms with E-state index >= 15 is 0 Å². The molecule has 2 N–H and O–H groups in total. The van der Waals surface area contributed by atoms with E-state index in [2.05, 4.69) is 9.97 Å². The van der Waals surface area contributed by atoms with Gasteiger partial charge >= 0.3 is 5.97 Å². The summed E-state index contributed by atoms with van der Waals surface area (Å²) >= 11 is 0. The number of nitrogens with zero attached hydrogens (tertiary/aromatic N) is 1. The van der Waals surface area contributed by atoms with E-state index in [4.69, 9.17) is 4.74 Å². The van der Waals surface area contributed by atoms with E-state index in [9.17, 15) is 9.90 Å². The van der Waals surface area contributed by atoms with E-state index in [0.29, 0.717) is 23.2 Å². The van der Waals surface area contributed by atoms with Crippen LogP contribution >= 0.6 is 0 Å². The van der Waals surface area contributed by atoms with E-state index in [1.54, 1.807) is 13.0 Å². The SMILES string of the molecule is CCOC(=O)c1cc(O)c2nc[nH]c2c1. The summed E-state index contributed by atoms with van der Waals surface area (Å²) < 4.78 is 4.82. The third-order valence-electron chi connectivity index (χ3n) is 2.01. The highest BCUT2D eigenvalue weighted by Gasteiger charge is 2.11. The number of nitrogens with one attached hydrogen (secondary N) is 1. The number of fused-ring (bicyclic) bond motifs is 1. The molecule has 5 nitrogen and oxygen atoms in total. The van der Waals surface area contributed by atoms with Gasteiger partial charge in [0.05, 0.1) is 24.0 Å². The minimum Gasteiger partial charge on any atom is -0.506 e. The van der Waals surface area contributed by atoms with E-state index in [1.807, 2.05) is 0 Å². The zero-order valence-corrected chi connectivity index (χ0v) is 8.15. The number of rotatable bonds is 2. The molecule has 1 aromatic carbocycles. The Morgan fingerprint density at radius 3 is 3.13 bits per heavy atom. The van der Waals surface area contributed by atoms with Crippen LogP contribution in [-0.4, -0.2) is 27.7 Å². The van der Waals surface area contributed by atoms with Crippen LogP contribution < -0.4 is 0 Å². The summed E-state index contributed by atoms with van der Waals surface area (Å²) in [7, 11) is 0. The second-order valence-electron chi connectivity index (χ2n) is 3.01. The molecule has 0 unspecified atom stereocenters. The van der Waals surface area contributed by atoms with Crippen LogP contribution in [0.3, 0.4) is 0 Å². The average molecular weight is 206 g/mol. The van der Waals surface area contributed by atoms with E-state index in [-0.39, 0.29) is 5.75 Å². The van der Waals surface area contributed by atoms with Gasteiger partial charge in [0.2, 0.25) is 0 Å². The quantitative estimate of drug-likeness (QED) is 0.729. The third kappa shape index (κ3) is 1.63. The van der Waals surface area contributed by atoms with Crippen LogP contribution in [0.2, 0.25) is 0 Å². The lowest BCUT2D eigenvalue weighted by Gasteiger charge is -2.02. The first-order valence-corrected chi connectivity index (χ1v) is 4.55. The molecule has 0 aliphatic carbocycles. The van der Waals surface area contributed by atoms with Crippen molar-refractivity contribution in [1.29, 1.82) is 0 Å². The molecule has 0 spiro atoms. The number of aromatic hydroxyl groups is 1. The predicted molar refractivity (Wildman–Crippen MR) is 53.7 cm³/mol. The van der Waals surface area contributed by atoms with Crippen LogP contribution in [-0.2, 0) is 4.74 Å². The smallest absolute Gasteiger partial charge is 0.338 e. The van der Waals surface area contributed by atoms with Crippen molar-refractivity contribution in [2.45, 2.75) is 6.92 Å². The highest BCUT2D eigenvalue weighted by atomic mass is 16.5. The van der Waals surface area contributed by atoms with Gasteiger partial charge in [0.1, 0.15) is 11.3 Å². The molecule has 0 bridgehead atoms. The van der Waals surface area contributed by atoms with Crippen LogP contribution in [0.4, 0.5) is 0 Å². The molecule has 0 aliphatic heterocycles. The van der Waals surface area contributed by atoms with Crippen LogP contribution in [0.15, 0.2) is 18.5 Å². The first-order valence-electron chi connectivity index (χ1n) is 4.55. The normalized spacial score (nSPS) is 10.5. The van der Waals surface area contributed by atoms with Crippen molar-refractivity contribution in [2.75, 3.05) is 6.61 Å². The summed E-state index contributed by atoms with van der Waals surface area (Å²) in [5, 5.41) is 9.57. The number of carbonyl (C=O) groups excluding carboxylic acids is 1. The number of hydrogen-bond donors (Lipinski definition) is 2. The Morgan fingerprint density at radius 2 is 2.40 bits per heavy atom. The minimum atomic E-state index is -0.454. The molecule has 78 valence electrons. The molecule has 0 aliphatic rings. The number of phenolic OH excluding ortho intramolecular Hbond substituents is 1. The molecule has 2 aromatic rings. The number of imidazole rings is 1. The van der Waals surface area contributed by atoms with Gasteiger partial charge in [0.15, 0.2) is 0 Å². The number of benzene rings is 1. The fourth-order valence-corrected chi connectivity index (χ4v) is 1.36. The van der Waals surface area contributed by atoms with E-state index in [1.165, 1.54) is 12.4 Å². The van der Waals surface area contributed by atoms with Gasteiger partial charge in [-0.2, -0.15) is 0 Å². The number of carbonyl (C=O) groups is 1. The highest BCUT2D eigenvalue weighted by molar-refractivity contribution is 5.95. The van der Waals surface area contributed by atoms with Crippen LogP contribution in [0.5, 0.6) is 5.75 Å². The van der Waals surface area contributed by atoms with E-state index < -0.39 is 5.97 Å². The summed E-state index contributed by atoms with van der Waals surface area (Å²) in [5.74, 6) is -0.485. The molecule has 2 rings (SSSR count). The highest BCUT2D eigenvalue weighted by Crippen LogP contribution is 2.23. The molecular weight excluding hydrogens is 196 g/mol. The lowest BCUT2D eigenvalue weighted by molar-refractivity contribution is 0.0526. The Kier molecular flexibility index (Phi) is 2.29. The summed E-state index contributed by atoms with van der Waals surface area (Å²) in [6.45, 7) is 2.03. The summed E-state index contributed by atoms with van der Waals surface area (Å²) in [5.41, 5.74) is 1.37. The molecule has 0 saturated heterocycles. The van der Waals surface area contributed by atoms with Crippen LogP contribution in [0, 0.1) is 0 Å². The predicted octanol–water partition coefficient (Wildman–Crippen LogP) is 1.45. The van der Waals surface area contributed by atoms with Gasteiger partial charge < -0.3 is 14.8 Å². The van der Waals surface area contributed by atoms with Gasteiger partial charge in [0.25, 0.3) is 0 Å². The monoisotopic (exact) mass is 206 g/mol. The number of hydrogen-bond acceptors (Lipinski definition) is 4. The molecule has 0 fully saturated rings. The second-order valence-corrected chi connectivity index (χ2v) is 3.01. The molecule has 0 saturated carbocycles. The maximum Gasteiger partial charge on any atom is 0.338 e. The second kappa shape index (κ2) is 3.61. The molecule has 1 heterocycles. The van der Waals surface area contributed by atoms with Crippen LogP contribution in [0.1, 0.15) is 17.3 Å². The molecule has 0 amide bonds. The molecule has 0 radical (unpaired) electrons. The largest absolute Gasteiger partial charge is 0.506 e. The molecule has 15 heavy (non-hydrogen) atoms. The molecule has 5 heteroatoms. The number of esters is 1. The maximum atomic E-state index is 11.4. The first-order chi connectivity index (χ1) is 7.22. The zero-order chi connectivity index (χ0) is 10.8. The Balaban J connectivity index is 2.49. The van der Waals surface area contributed by atoms with Crippen molar-refractivity contribution in [1.82, 2.24) is 9.97 Å². The first kappa shape index (κ1) is 9.51. The third-order valence-corrected chi connectivity index (χ3v) is 2.01. The summed E-state index contributed by atoms with van der Waals surface area (Å²) in [6.07, 6.45) is 1.46. The minimum absolute atomic E-state index is 0.0307. The van der Waals surface area contributed by atoms with Crippen molar-refractivity contribution in [3.05, 3.63) is 24.0 Å². The number of ether oxygens (including phenoxy) is 1. The fraction of sp³-hybridized carbons (Fsp3) is 0.200. The van der Waals surface area contributed by atoms with Gasteiger partial charge in [-0.05, 0) is 19.1 Å². The number of H-pyrrole nitrogens is 1. The number of phenols is 1. The van der Waals surface area contributed by atoms with Gasteiger partial charge in [-0.25, -0.2) is 9.78 Å². The van der Waals surface area contributed by atoms with Gasteiger partial charge in [-0.15, -0.1) is 0 Å². The van der Waals surface area contributed by atoms with Crippen LogP contribution in [0.25, 0.3) is 11.0 Å². The lowest BCUT2D eigenvalue weighted by atomic mass is 10.2. The number of aromatic amines is 1. The van der Waals surface area contributed by atoms with Gasteiger partial charge in [0, 0.05) is 0 Å². The van der Waals surface area contributed by atoms with Crippen molar-refractivity contribution >= 4 is 17.0 Å². The van der Waals surface area contributed by atoms with Gasteiger partial charge in [-0.3, -0.25) is 0 Å². The Morgan fingerprint density at radius 1 is 1.60 bits per heavy atom. The Bertz CT molecular complexity index is 504. The standard InChI is InChI=1S/C10H10N2O3/c1-2-15-10(14)6-3-7-9(8(13)4-6)12-5-11-7/h3-5,13H,2H2,1H3,(H,11,12). The Hall–Kier alpha value is -2.04. The fourth-order valence-electron chi connectivity index (χ4n) is 1.36. The number of aromatic nitrogens is 2. The van der Waals surface area contributed by atoms with Gasteiger partial charge in [-0.1, -0.05) is 0 Å². The van der Waals surface area contributed by atoms with Crippen molar-refractivity contribution < 1.29 is 14.6 Å². The summed E-state index contributed by atoms with van der Waals surface area (Å²) in [6, 6.07) is 2.95.